The fourth-order valence-corrected chi connectivity index (χ4v) is 1.41. The monoisotopic (exact) mass is 225 g/mol. The molecule has 16 heavy (non-hydrogen) atoms. The minimum absolute atomic E-state index is 0.562. The van der Waals surface area contributed by atoms with E-state index in [0.29, 0.717) is 30.4 Å². The zero-order valence-corrected chi connectivity index (χ0v) is 10.1. The van der Waals surface area contributed by atoms with Gasteiger partial charge >= 0.3 is 0 Å². The smallest absolute Gasteiger partial charge is 0.203 e. The van der Waals surface area contributed by atoms with E-state index in [0.717, 1.165) is 12.0 Å². The van der Waals surface area contributed by atoms with Crippen LogP contribution < -0.4 is 19.9 Å². The van der Waals surface area contributed by atoms with Gasteiger partial charge in [-0.1, -0.05) is 0 Å². The van der Waals surface area contributed by atoms with Gasteiger partial charge in [-0.2, -0.15) is 0 Å². The highest BCUT2D eigenvalue weighted by molar-refractivity contribution is 5.53. The molecule has 0 fully saturated rings. The van der Waals surface area contributed by atoms with Crippen molar-refractivity contribution in [3.05, 3.63) is 17.7 Å². The van der Waals surface area contributed by atoms with Crippen molar-refractivity contribution >= 4 is 0 Å². The van der Waals surface area contributed by atoms with Gasteiger partial charge in [-0.05, 0) is 37.6 Å². The summed E-state index contributed by atoms with van der Waals surface area (Å²) in [7, 11) is 3.23. The number of methoxy groups -OCH3 is 2. The van der Waals surface area contributed by atoms with Crippen LogP contribution in [0.5, 0.6) is 17.2 Å². The number of rotatable bonds is 6. The molecule has 0 radical (unpaired) electrons. The summed E-state index contributed by atoms with van der Waals surface area (Å²) in [5.74, 6) is 2.02. The standard InChI is InChI=1S/C12H19NO3/c1-9-7-10(14-2)12(11(8-9)15-3)16-6-4-5-13/h7-8H,4-6,13H2,1-3H3. The van der Waals surface area contributed by atoms with Gasteiger partial charge in [0.05, 0.1) is 20.8 Å². The van der Waals surface area contributed by atoms with Crippen molar-refractivity contribution in [2.24, 2.45) is 5.73 Å². The average Bonchev–Trinajstić information content (AvgIpc) is 2.30. The van der Waals surface area contributed by atoms with Gasteiger partial charge in [0.25, 0.3) is 0 Å². The van der Waals surface area contributed by atoms with Crippen LogP contribution in [0.4, 0.5) is 0 Å². The molecule has 2 N–H and O–H groups in total. The fraction of sp³-hybridized carbons (Fsp3) is 0.500. The number of benzene rings is 1. The van der Waals surface area contributed by atoms with E-state index in [1.54, 1.807) is 14.2 Å². The molecule has 0 bridgehead atoms. The van der Waals surface area contributed by atoms with Gasteiger partial charge in [-0.15, -0.1) is 0 Å². The van der Waals surface area contributed by atoms with Gasteiger partial charge in [0.15, 0.2) is 11.5 Å². The second kappa shape index (κ2) is 6.23. The Morgan fingerprint density at radius 1 is 1.12 bits per heavy atom. The molecular weight excluding hydrogens is 206 g/mol. The molecule has 0 unspecified atom stereocenters. The van der Waals surface area contributed by atoms with Gasteiger partial charge in [0.1, 0.15) is 0 Å². The maximum Gasteiger partial charge on any atom is 0.203 e. The van der Waals surface area contributed by atoms with Crippen LogP contribution in [-0.4, -0.2) is 27.4 Å². The summed E-state index contributed by atoms with van der Waals surface area (Å²) in [5, 5.41) is 0. The van der Waals surface area contributed by atoms with Crippen molar-refractivity contribution in [2.75, 3.05) is 27.4 Å². The van der Waals surface area contributed by atoms with Crippen LogP contribution in [0.15, 0.2) is 12.1 Å². The number of aryl methyl sites for hydroxylation is 1. The molecule has 1 aromatic rings. The molecule has 0 spiro atoms. The van der Waals surface area contributed by atoms with E-state index >= 15 is 0 Å². The molecule has 90 valence electrons. The average molecular weight is 225 g/mol. The Morgan fingerprint density at radius 2 is 1.69 bits per heavy atom. The zero-order chi connectivity index (χ0) is 12.0. The highest BCUT2D eigenvalue weighted by Crippen LogP contribution is 2.38. The summed E-state index contributed by atoms with van der Waals surface area (Å²) in [6.07, 6.45) is 0.806. The van der Waals surface area contributed by atoms with E-state index in [4.69, 9.17) is 19.9 Å². The largest absolute Gasteiger partial charge is 0.493 e. The molecule has 4 heteroatoms. The van der Waals surface area contributed by atoms with Gasteiger partial charge in [-0.25, -0.2) is 0 Å². The maximum atomic E-state index is 5.62. The summed E-state index contributed by atoms with van der Waals surface area (Å²) in [5.41, 5.74) is 6.48. The van der Waals surface area contributed by atoms with Crippen LogP contribution >= 0.6 is 0 Å². The minimum atomic E-state index is 0.562. The van der Waals surface area contributed by atoms with Gasteiger partial charge in [0, 0.05) is 0 Å². The molecule has 0 aromatic heterocycles. The second-order valence-corrected chi connectivity index (χ2v) is 3.49. The van der Waals surface area contributed by atoms with Crippen molar-refractivity contribution in [2.45, 2.75) is 13.3 Å². The van der Waals surface area contributed by atoms with Crippen LogP contribution in [0.2, 0.25) is 0 Å². The Bertz CT molecular complexity index is 314. The van der Waals surface area contributed by atoms with Crippen molar-refractivity contribution < 1.29 is 14.2 Å². The number of hydrogen-bond acceptors (Lipinski definition) is 4. The highest BCUT2D eigenvalue weighted by Gasteiger charge is 2.12. The lowest BCUT2D eigenvalue weighted by Gasteiger charge is -2.14. The predicted octanol–water partition coefficient (Wildman–Crippen LogP) is 1.74. The topological polar surface area (TPSA) is 53.7 Å². The summed E-state index contributed by atoms with van der Waals surface area (Å²) in [6.45, 7) is 3.15. The van der Waals surface area contributed by atoms with E-state index in [-0.39, 0.29) is 0 Å². The predicted molar refractivity (Wildman–Crippen MR) is 63.4 cm³/mol. The van der Waals surface area contributed by atoms with Gasteiger partial charge in [-0.3, -0.25) is 0 Å². The first kappa shape index (κ1) is 12.6. The molecule has 0 saturated carbocycles. The van der Waals surface area contributed by atoms with Crippen LogP contribution in [0.3, 0.4) is 0 Å². The van der Waals surface area contributed by atoms with E-state index in [2.05, 4.69) is 0 Å². The first-order chi connectivity index (χ1) is 7.72. The van der Waals surface area contributed by atoms with Crippen LogP contribution in [0, 0.1) is 6.92 Å². The van der Waals surface area contributed by atoms with E-state index in [1.165, 1.54) is 0 Å². The number of hydrogen-bond donors (Lipinski definition) is 1. The zero-order valence-electron chi connectivity index (χ0n) is 10.1. The van der Waals surface area contributed by atoms with Crippen LogP contribution in [0.1, 0.15) is 12.0 Å². The lowest BCUT2D eigenvalue weighted by atomic mass is 10.2. The minimum Gasteiger partial charge on any atom is -0.493 e. The molecule has 0 aliphatic carbocycles. The first-order valence-corrected chi connectivity index (χ1v) is 5.28. The molecule has 0 amide bonds. The SMILES string of the molecule is COc1cc(C)cc(OC)c1OCCCN. The van der Waals surface area contributed by atoms with E-state index < -0.39 is 0 Å². The Balaban J connectivity index is 2.93. The number of nitrogens with two attached hydrogens (primary N) is 1. The molecule has 1 aromatic carbocycles. The summed E-state index contributed by atoms with van der Waals surface area (Å²) in [6, 6.07) is 3.83. The molecular formula is C12H19NO3. The molecule has 0 aliphatic heterocycles. The molecule has 1 rings (SSSR count). The number of ether oxygens (including phenoxy) is 3. The third-order valence-electron chi connectivity index (χ3n) is 2.20. The van der Waals surface area contributed by atoms with Crippen molar-refractivity contribution in [3.63, 3.8) is 0 Å². The Labute approximate surface area is 96.3 Å². The Morgan fingerprint density at radius 3 is 2.12 bits per heavy atom. The van der Waals surface area contributed by atoms with Crippen molar-refractivity contribution in [3.8, 4) is 17.2 Å². The fourth-order valence-electron chi connectivity index (χ4n) is 1.41. The highest BCUT2D eigenvalue weighted by atomic mass is 16.5. The molecule has 4 nitrogen and oxygen atoms in total. The second-order valence-electron chi connectivity index (χ2n) is 3.49. The van der Waals surface area contributed by atoms with Gasteiger partial charge < -0.3 is 19.9 Å². The molecule has 0 aliphatic rings. The molecule has 0 saturated heterocycles. The van der Waals surface area contributed by atoms with Crippen LogP contribution in [0.25, 0.3) is 0 Å². The lowest BCUT2D eigenvalue weighted by molar-refractivity contribution is 0.272. The van der Waals surface area contributed by atoms with E-state index in [9.17, 15) is 0 Å². The third-order valence-corrected chi connectivity index (χ3v) is 2.20. The summed E-state index contributed by atoms with van der Waals surface area (Å²) >= 11 is 0. The Kier molecular flexibility index (Phi) is 4.92. The van der Waals surface area contributed by atoms with Crippen molar-refractivity contribution in [1.29, 1.82) is 0 Å². The quantitative estimate of drug-likeness (QED) is 0.749. The van der Waals surface area contributed by atoms with Gasteiger partial charge in [0.2, 0.25) is 5.75 Å². The third kappa shape index (κ3) is 3.03. The maximum absolute atomic E-state index is 5.62. The lowest BCUT2D eigenvalue weighted by Crippen LogP contribution is -2.07. The molecule has 0 heterocycles. The Hall–Kier alpha value is -1.42. The first-order valence-electron chi connectivity index (χ1n) is 5.28. The van der Waals surface area contributed by atoms with Crippen molar-refractivity contribution in [1.82, 2.24) is 0 Å². The molecule has 0 atom stereocenters. The summed E-state index contributed by atoms with van der Waals surface area (Å²) in [4.78, 5) is 0. The van der Waals surface area contributed by atoms with E-state index in [1.807, 2.05) is 19.1 Å². The van der Waals surface area contributed by atoms with Crippen LogP contribution in [-0.2, 0) is 0 Å². The summed E-state index contributed by atoms with van der Waals surface area (Å²) < 4.78 is 16.1. The normalized spacial score (nSPS) is 10.0.